The summed E-state index contributed by atoms with van der Waals surface area (Å²) >= 11 is 0. The smallest absolute Gasteiger partial charge is 0.354 e. The fourth-order valence-electron chi connectivity index (χ4n) is 9.40. The van der Waals surface area contributed by atoms with Crippen LogP contribution in [0.5, 0.6) is 0 Å². The highest BCUT2D eigenvalue weighted by Crippen LogP contribution is 2.40. The number of hydroxylamine groups is 2. The number of imide groups is 1. The van der Waals surface area contributed by atoms with Crippen LogP contribution < -0.4 is 0 Å². The second-order valence-corrected chi connectivity index (χ2v) is 21.5. The van der Waals surface area contributed by atoms with E-state index in [1.165, 1.54) is 16.7 Å². The SMILES string of the molecule is CC(C)(C)c1ccc(-c2c3nc(c(-c4ccc(C(C)(C)C)cc4)c4ccc([nH]4)c(-c4ccc(C(C)(C)C)cc4)c4nc(c(-c5ccc(C(=O)ON6C(=O)CCC6=O)cc5)c5ccc2[nH]5)C=C4)C=C3)cc1. The first-order chi connectivity index (χ1) is 33.3. The highest BCUT2D eigenvalue weighted by atomic mass is 16.7. The van der Waals surface area contributed by atoms with E-state index in [0.29, 0.717) is 10.8 Å². The Morgan fingerprint density at radius 3 is 0.971 bits per heavy atom. The minimum absolute atomic E-state index is 0.0126. The number of aromatic amines is 2. The molecule has 9 heteroatoms. The van der Waals surface area contributed by atoms with Crippen molar-refractivity contribution in [3.8, 4) is 44.5 Å². The van der Waals surface area contributed by atoms with Crippen LogP contribution in [0.2, 0.25) is 0 Å². The fourth-order valence-corrected chi connectivity index (χ4v) is 9.40. The van der Waals surface area contributed by atoms with Crippen molar-refractivity contribution in [1.82, 2.24) is 25.0 Å². The Bertz CT molecular complexity index is 3410. The lowest BCUT2D eigenvalue weighted by Crippen LogP contribution is -2.32. The van der Waals surface area contributed by atoms with Gasteiger partial charge in [-0.25, -0.2) is 14.8 Å². The van der Waals surface area contributed by atoms with E-state index in [1.54, 1.807) is 12.1 Å². The van der Waals surface area contributed by atoms with Gasteiger partial charge < -0.3 is 14.8 Å². The van der Waals surface area contributed by atoms with Crippen LogP contribution in [0.1, 0.15) is 125 Å². The number of nitrogens with zero attached hydrogens (tertiary/aromatic N) is 3. The number of benzene rings is 4. The molecule has 350 valence electrons. The Hall–Kier alpha value is -7.91. The molecule has 70 heavy (non-hydrogen) atoms. The molecule has 4 aromatic carbocycles. The minimum atomic E-state index is -0.795. The molecular formula is C61H57N5O4. The molecule has 8 bridgehead atoms. The number of hydrogen-bond acceptors (Lipinski definition) is 6. The van der Waals surface area contributed by atoms with Crippen LogP contribution in [0.15, 0.2) is 121 Å². The standard InChI is InChI=1S/C61H57N5O4/c1-59(2,3)41-20-14-37(15-21-41)55-46-28-26-44(62-46)54(36-10-12-40(13-11-36)58(69)70-66-52(67)34-35-53(66)68)45-27-29-47(63-45)56(38-16-22-42(23-17-38)60(4,5)6)49-31-33-51(65-49)57(50-32-30-48(55)64-50)39-18-24-43(25-19-39)61(7,8)9/h10-33,62,65H,34-35H2,1-9H3. The maximum atomic E-state index is 13.3. The van der Waals surface area contributed by atoms with Gasteiger partial charge in [-0.15, -0.1) is 5.06 Å². The molecule has 9 nitrogen and oxygen atoms in total. The van der Waals surface area contributed by atoms with Gasteiger partial charge in [-0.05, 0) is 116 Å². The van der Waals surface area contributed by atoms with Gasteiger partial charge in [0.25, 0.3) is 11.8 Å². The van der Waals surface area contributed by atoms with Crippen molar-refractivity contribution in [3.05, 3.63) is 166 Å². The van der Waals surface area contributed by atoms with Gasteiger partial charge in [-0.3, -0.25) is 9.59 Å². The third-order valence-corrected chi connectivity index (χ3v) is 13.5. The fraction of sp³-hybridized carbons (Fsp3) is 0.230. The van der Waals surface area contributed by atoms with E-state index >= 15 is 0 Å². The van der Waals surface area contributed by atoms with E-state index < -0.39 is 17.8 Å². The second kappa shape index (κ2) is 17.2. The molecule has 3 aliphatic heterocycles. The van der Waals surface area contributed by atoms with Crippen molar-refractivity contribution in [1.29, 1.82) is 0 Å². The maximum absolute atomic E-state index is 13.3. The number of aromatic nitrogens is 4. The van der Waals surface area contributed by atoms with E-state index in [0.717, 1.165) is 83.7 Å². The largest absolute Gasteiger partial charge is 0.363 e. The van der Waals surface area contributed by atoms with Gasteiger partial charge in [0, 0.05) is 57.2 Å². The number of nitrogens with one attached hydrogen (secondary N) is 2. The maximum Gasteiger partial charge on any atom is 0.363 e. The monoisotopic (exact) mass is 923 g/mol. The third kappa shape index (κ3) is 8.72. The summed E-state index contributed by atoms with van der Waals surface area (Å²) in [6, 6.07) is 41.8. The topological polar surface area (TPSA) is 121 Å². The lowest BCUT2D eigenvalue weighted by molar-refractivity contribution is -0.172. The highest BCUT2D eigenvalue weighted by Gasteiger charge is 2.33. The zero-order chi connectivity index (χ0) is 49.3. The first-order valence-corrected chi connectivity index (χ1v) is 24.0. The van der Waals surface area contributed by atoms with E-state index in [9.17, 15) is 14.4 Å². The normalized spacial score (nSPS) is 13.9. The molecule has 7 aromatic rings. The summed E-state index contributed by atoms with van der Waals surface area (Å²) < 4.78 is 0. The molecule has 0 aliphatic carbocycles. The first kappa shape index (κ1) is 45.9. The molecular weight excluding hydrogens is 867 g/mol. The van der Waals surface area contributed by atoms with Crippen molar-refractivity contribution in [2.45, 2.75) is 91.4 Å². The zero-order valence-corrected chi connectivity index (χ0v) is 41.2. The van der Waals surface area contributed by atoms with Gasteiger partial charge in [0.15, 0.2) is 0 Å². The Morgan fingerprint density at radius 2 is 0.700 bits per heavy atom. The molecule has 3 aliphatic rings. The average molecular weight is 924 g/mol. The van der Waals surface area contributed by atoms with Gasteiger partial charge in [-0.1, -0.05) is 147 Å². The van der Waals surface area contributed by atoms with Crippen LogP contribution in [0.25, 0.3) is 90.9 Å². The third-order valence-electron chi connectivity index (χ3n) is 13.5. The molecule has 1 fully saturated rings. The van der Waals surface area contributed by atoms with Crippen LogP contribution in [0.4, 0.5) is 0 Å². The summed E-state index contributed by atoms with van der Waals surface area (Å²) in [4.78, 5) is 61.8. The molecule has 10 rings (SSSR count). The van der Waals surface area contributed by atoms with Crippen LogP contribution >= 0.6 is 0 Å². The predicted octanol–water partition coefficient (Wildman–Crippen LogP) is 14.4. The Morgan fingerprint density at radius 1 is 0.429 bits per heavy atom. The summed E-state index contributed by atoms with van der Waals surface area (Å²) in [5, 5.41) is 0.568. The second-order valence-electron chi connectivity index (χ2n) is 21.5. The van der Waals surface area contributed by atoms with E-state index in [-0.39, 0.29) is 34.7 Å². The lowest BCUT2D eigenvalue weighted by Gasteiger charge is -2.19. The lowest BCUT2D eigenvalue weighted by atomic mass is 9.86. The van der Waals surface area contributed by atoms with E-state index in [4.69, 9.17) is 14.8 Å². The molecule has 2 amide bonds. The summed E-state index contributed by atoms with van der Waals surface area (Å²) in [6.45, 7) is 20.0. The minimum Gasteiger partial charge on any atom is -0.354 e. The summed E-state index contributed by atoms with van der Waals surface area (Å²) in [6.07, 6.45) is 8.36. The molecule has 1 saturated heterocycles. The van der Waals surface area contributed by atoms with E-state index in [1.807, 2.05) is 18.2 Å². The molecule has 0 radical (unpaired) electrons. The first-order valence-electron chi connectivity index (χ1n) is 24.0. The van der Waals surface area contributed by atoms with Gasteiger partial charge >= 0.3 is 5.97 Å². The molecule has 6 heterocycles. The number of fused-ring (bicyclic) bond motifs is 8. The van der Waals surface area contributed by atoms with Crippen molar-refractivity contribution in [2.75, 3.05) is 0 Å². The molecule has 0 saturated carbocycles. The van der Waals surface area contributed by atoms with Crippen LogP contribution in [0, 0.1) is 0 Å². The predicted molar refractivity (Wildman–Crippen MR) is 283 cm³/mol. The molecule has 2 N–H and O–H groups in total. The quantitative estimate of drug-likeness (QED) is 0.160. The summed E-state index contributed by atoms with van der Waals surface area (Å²) in [7, 11) is 0. The summed E-state index contributed by atoms with van der Waals surface area (Å²) in [5.41, 5.74) is 18.0. The highest BCUT2D eigenvalue weighted by molar-refractivity contribution is 6.03. The van der Waals surface area contributed by atoms with Crippen LogP contribution in [-0.2, 0) is 30.7 Å². The number of amides is 2. The zero-order valence-electron chi connectivity index (χ0n) is 41.2. The van der Waals surface area contributed by atoms with Gasteiger partial charge in [0.05, 0.1) is 28.3 Å². The Kier molecular flexibility index (Phi) is 11.3. The number of H-pyrrole nitrogens is 2. The number of hydrogen-bond donors (Lipinski definition) is 2. The molecule has 0 spiro atoms. The Balaban J connectivity index is 1.27. The van der Waals surface area contributed by atoms with E-state index in [2.05, 4.69) is 188 Å². The average Bonchev–Trinajstić information content (AvgIpc) is 4.20. The van der Waals surface area contributed by atoms with Crippen molar-refractivity contribution >= 4 is 64.2 Å². The summed E-state index contributed by atoms with van der Waals surface area (Å²) in [5.74, 6) is -1.86. The number of carbonyl (C=O) groups excluding carboxylic acids is 3. The van der Waals surface area contributed by atoms with Crippen molar-refractivity contribution in [2.24, 2.45) is 0 Å². The Labute approximate surface area is 409 Å². The molecule has 0 atom stereocenters. The molecule has 3 aromatic heterocycles. The van der Waals surface area contributed by atoms with Crippen LogP contribution in [-0.4, -0.2) is 42.8 Å². The number of carbonyl (C=O) groups is 3. The van der Waals surface area contributed by atoms with Crippen molar-refractivity contribution in [3.63, 3.8) is 0 Å². The van der Waals surface area contributed by atoms with Gasteiger partial charge in [0.1, 0.15) is 0 Å². The van der Waals surface area contributed by atoms with Crippen LogP contribution in [0.3, 0.4) is 0 Å². The van der Waals surface area contributed by atoms with Crippen molar-refractivity contribution < 1.29 is 19.2 Å². The van der Waals surface area contributed by atoms with Gasteiger partial charge in [-0.2, -0.15) is 0 Å². The molecule has 0 unspecified atom stereocenters. The number of rotatable bonds is 6. The van der Waals surface area contributed by atoms with Gasteiger partial charge in [0.2, 0.25) is 0 Å².